The summed E-state index contributed by atoms with van der Waals surface area (Å²) in [5.74, 6) is 1.54. The van der Waals surface area contributed by atoms with Crippen molar-refractivity contribution >= 4 is 5.96 Å². The van der Waals surface area contributed by atoms with Gasteiger partial charge < -0.3 is 19.7 Å². The lowest BCUT2D eigenvalue weighted by Crippen LogP contribution is -2.38. The van der Waals surface area contributed by atoms with E-state index in [0.29, 0.717) is 6.54 Å². The van der Waals surface area contributed by atoms with E-state index in [1.807, 2.05) is 67.8 Å². The van der Waals surface area contributed by atoms with Crippen LogP contribution in [0.15, 0.2) is 70.4 Å². The Balaban J connectivity index is 1.56. The molecule has 0 fully saturated rings. The Labute approximate surface area is 147 Å². The fourth-order valence-electron chi connectivity index (χ4n) is 2.45. The largest absolute Gasteiger partial charge is 0.357 e. The number of aliphatic imine (C=N–C) groups is 1. The first-order chi connectivity index (χ1) is 12.3. The fourth-order valence-corrected chi connectivity index (χ4v) is 2.45. The predicted molar refractivity (Wildman–Crippen MR) is 99.2 cm³/mol. The summed E-state index contributed by atoms with van der Waals surface area (Å²) < 4.78 is 7.53. The molecule has 1 aromatic carbocycles. The van der Waals surface area contributed by atoms with Crippen LogP contribution in [0.4, 0.5) is 0 Å². The number of nitrogens with one attached hydrogen (secondary N) is 2. The SMILES string of the molecule is CCNC(=NCc1cc(-c2ccccc2)on1)NCCn1cccc1. The molecule has 0 aliphatic carbocycles. The van der Waals surface area contributed by atoms with Gasteiger partial charge in [0.2, 0.25) is 0 Å². The summed E-state index contributed by atoms with van der Waals surface area (Å²) in [6.07, 6.45) is 4.10. The van der Waals surface area contributed by atoms with E-state index in [1.165, 1.54) is 0 Å². The fraction of sp³-hybridized carbons (Fsp3) is 0.263. The minimum atomic E-state index is 0.467. The summed E-state index contributed by atoms with van der Waals surface area (Å²) in [5.41, 5.74) is 1.82. The number of aromatic nitrogens is 2. The number of rotatable bonds is 7. The van der Waals surface area contributed by atoms with Crippen LogP contribution < -0.4 is 10.6 Å². The molecule has 2 heterocycles. The first kappa shape index (κ1) is 16.8. The Morgan fingerprint density at radius 3 is 2.68 bits per heavy atom. The molecule has 0 aliphatic heterocycles. The third kappa shape index (κ3) is 4.97. The molecule has 0 aliphatic rings. The highest BCUT2D eigenvalue weighted by atomic mass is 16.5. The first-order valence-electron chi connectivity index (χ1n) is 8.49. The van der Waals surface area contributed by atoms with Gasteiger partial charge in [0.1, 0.15) is 5.69 Å². The van der Waals surface area contributed by atoms with Crippen molar-refractivity contribution in [2.45, 2.75) is 20.0 Å². The molecule has 0 spiro atoms. The van der Waals surface area contributed by atoms with E-state index in [0.717, 1.165) is 42.6 Å². The van der Waals surface area contributed by atoms with Crippen molar-refractivity contribution in [2.24, 2.45) is 4.99 Å². The van der Waals surface area contributed by atoms with Gasteiger partial charge in [-0.15, -0.1) is 0 Å². The number of guanidine groups is 1. The lowest BCUT2D eigenvalue weighted by atomic mass is 10.2. The van der Waals surface area contributed by atoms with Crippen LogP contribution in [0.5, 0.6) is 0 Å². The van der Waals surface area contributed by atoms with Crippen LogP contribution in [0.3, 0.4) is 0 Å². The Morgan fingerprint density at radius 1 is 1.12 bits per heavy atom. The van der Waals surface area contributed by atoms with Crippen LogP contribution in [0.2, 0.25) is 0 Å². The van der Waals surface area contributed by atoms with Crippen LogP contribution in [-0.4, -0.2) is 28.8 Å². The first-order valence-corrected chi connectivity index (χ1v) is 8.49. The van der Waals surface area contributed by atoms with Crippen molar-refractivity contribution in [1.29, 1.82) is 0 Å². The molecule has 0 amide bonds. The van der Waals surface area contributed by atoms with E-state index in [4.69, 9.17) is 4.52 Å². The third-order valence-electron chi connectivity index (χ3n) is 3.69. The highest BCUT2D eigenvalue weighted by molar-refractivity contribution is 5.79. The zero-order valence-corrected chi connectivity index (χ0v) is 14.4. The minimum Gasteiger partial charge on any atom is -0.357 e. The second-order valence-electron chi connectivity index (χ2n) is 5.59. The highest BCUT2D eigenvalue weighted by Crippen LogP contribution is 2.19. The molecule has 3 rings (SSSR count). The normalized spacial score (nSPS) is 11.5. The molecule has 3 aromatic rings. The molecule has 0 saturated heterocycles. The molecular weight excluding hydrogens is 314 g/mol. The average Bonchev–Trinajstić information content (AvgIpc) is 3.32. The Hall–Kier alpha value is -3.02. The van der Waals surface area contributed by atoms with Crippen LogP contribution >= 0.6 is 0 Å². The van der Waals surface area contributed by atoms with Crippen LogP contribution in [0.25, 0.3) is 11.3 Å². The average molecular weight is 337 g/mol. The third-order valence-corrected chi connectivity index (χ3v) is 3.69. The summed E-state index contributed by atoms with van der Waals surface area (Å²) >= 11 is 0. The summed E-state index contributed by atoms with van der Waals surface area (Å²) in [4.78, 5) is 4.57. The van der Waals surface area contributed by atoms with Crippen molar-refractivity contribution in [1.82, 2.24) is 20.4 Å². The van der Waals surface area contributed by atoms with Gasteiger partial charge in [0.25, 0.3) is 0 Å². The summed E-state index contributed by atoms with van der Waals surface area (Å²) in [5, 5.41) is 10.7. The molecule has 0 unspecified atom stereocenters. The highest BCUT2D eigenvalue weighted by Gasteiger charge is 2.06. The maximum atomic E-state index is 5.41. The van der Waals surface area contributed by atoms with Crippen LogP contribution in [0.1, 0.15) is 12.6 Å². The Kier molecular flexibility index (Phi) is 5.87. The van der Waals surface area contributed by atoms with Crippen LogP contribution in [-0.2, 0) is 13.1 Å². The van der Waals surface area contributed by atoms with Gasteiger partial charge in [0, 0.05) is 43.7 Å². The van der Waals surface area contributed by atoms with Crippen molar-refractivity contribution < 1.29 is 4.52 Å². The Bertz CT molecular complexity index is 777. The maximum Gasteiger partial charge on any atom is 0.191 e. The topological polar surface area (TPSA) is 67.4 Å². The van der Waals surface area contributed by atoms with Crippen molar-refractivity contribution in [3.8, 4) is 11.3 Å². The van der Waals surface area contributed by atoms with Gasteiger partial charge in [-0.05, 0) is 19.1 Å². The van der Waals surface area contributed by atoms with E-state index < -0.39 is 0 Å². The molecule has 6 nitrogen and oxygen atoms in total. The number of benzene rings is 1. The van der Waals surface area contributed by atoms with Gasteiger partial charge in [0.15, 0.2) is 11.7 Å². The Morgan fingerprint density at radius 2 is 1.92 bits per heavy atom. The number of hydrogen-bond acceptors (Lipinski definition) is 3. The standard InChI is InChI=1S/C19H23N5O/c1-2-20-19(21-10-13-24-11-6-7-12-24)22-15-17-14-18(25-23-17)16-8-4-3-5-9-16/h3-9,11-12,14H,2,10,13,15H2,1H3,(H2,20,21,22). The molecule has 0 saturated carbocycles. The van der Waals surface area contributed by atoms with Gasteiger partial charge >= 0.3 is 0 Å². The molecular formula is C19H23N5O. The maximum absolute atomic E-state index is 5.41. The zero-order chi connectivity index (χ0) is 17.3. The number of nitrogens with zero attached hydrogens (tertiary/aromatic N) is 3. The molecule has 2 N–H and O–H groups in total. The zero-order valence-electron chi connectivity index (χ0n) is 14.4. The van der Waals surface area contributed by atoms with E-state index in [9.17, 15) is 0 Å². The molecule has 25 heavy (non-hydrogen) atoms. The molecule has 0 radical (unpaired) electrons. The monoisotopic (exact) mass is 337 g/mol. The lowest BCUT2D eigenvalue weighted by Gasteiger charge is -2.11. The van der Waals surface area contributed by atoms with E-state index in [-0.39, 0.29) is 0 Å². The summed E-state index contributed by atoms with van der Waals surface area (Å²) in [6.45, 7) is 5.01. The smallest absolute Gasteiger partial charge is 0.191 e. The van der Waals surface area contributed by atoms with E-state index >= 15 is 0 Å². The van der Waals surface area contributed by atoms with Crippen LogP contribution in [0, 0.1) is 0 Å². The number of hydrogen-bond donors (Lipinski definition) is 2. The second kappa shape index (κ2) is 8.73. The van der Waals surface area contributed by atoms with Gasteiger partial charge in [-0.3, -0.25) is 0 Å². The quantitative estimate of drug-likeness (QED) is 0.514. The molecule has 6 heteroatoms. The van der Waals surface area contributed by atoms with E-state index in [2.05, 4.69) is 25.3 Å². The van der Waals surface area contributed by atoms with Crippen molar-refractivity contribution in [3.05, 3.63) is 66.6 Å². The minimum absolute atomic E-state index is 0.467. The van der Waals surface area contributed by atoms with Gasteiger partial charge in [-0.25, -0.2) is 4.99 Å². The van der Waals surface area contributed by atoms with E-state index in [1.54, 1.807) is 0 Å². The summed E-state index contributed by atoms with van der Waals surface area (Å²) in [6, 6.07) is 15.9. The van der Waals surface area contributed by atoms with Crippen molar-refractivity contribution in [2.75, 3.05) is 13.1 Å². The lowest BCUT2D eigenvalue weighted by molar-refractivity contribution is 0.424. The van der Waals surface area contributed by atoms with Gasteiger partial charge in [-0.2, -0.15) is 0 Å². The summed E-state index contributed by atoms with van der Waals surface area (Å²) in [7, 11) is 0. The predicted octanol–water partition coefficient (Wildman–Crippen LogP) is 2.90. The molecule has 2 aromatic heterocycles. The van der Waals surface area contributed by atoms with Gasteiger partial charge in [-0.1, -0.05) is 35.5 Å². The molecule has 130 valence electrons. The van der Waals surface area contributed by atoms with Gasteiger partial charge in [0.05, 0.1) is 6.54 Å². The molecule has 0 atom stereocenters. The van der Waals surface area contributed by atoms with Crippen molar-refractivity contribution in [3.63, 3.8) is 0 Å². The molecule has 0 bridgehead atoms. The second-order valence-corrected chi connectivity index (χ2v) is 5.59.